The van der Waals surface area contributed by atoms with E-state index >= 15 is 0 Å². The topological polar surface area (TPSA) is 46.5 Å². The van der Waals surface area contributed by atoms with Crippen molar-refractivity contribution in [1.82, 2.24) is 0 Å². The summed E-state index contributed by atoms with van der Waals surface area (Å²) in [5, 5.41) is 10.8. The van der Waals surface area contributed by atoms with Crippen molar-refractivity contribution in [1.29, 1.82) is 0 Å². The van der Waals surface area contributed by atoms with Gasteiger partial charge in [0.15, 0.2) is 0 Å². The van der Waals surface area contributed by atoms with Crippen LogP contribution in [-0.2, 0) is 9.53 Å². The van der Waals surface area contributed by atoms with E-state index in [4.69, 9.17) is 4.74 Å². The Morgan fingerprint density at radius 2 is 2.00 bits per heavy atom. The molecule has 16 heavy (non-hydrogen) atoms. The number of hydrogen-bond donors (Lipinski definition) is 1. The minimum absolute atomic E-state index is 0.254. The molecule has 90 valence electrons. The molecule has 1 N–H and O–H groups in total. The normalized spacial score (nSPS) is 39.0. The van der Waals surface area contributed by atoms with Crippen molar-refractivity contribution in [2.75, 3.05) is 7.11 Å². The highest BCUT2D eigenvalue weighted by atomic mass is 16.5. The summed E-state index contributed by atoms with van der Waals surface area (Å²) in [6.07, 6.45) is 5.65. The van der Waals surface area contributed by atoms with Gasteiger partial charge in [0.25, 0.3) is 0 Å². The van der Waals surface area contributed by atoms with Crippen LogP contribution in [0.15, 0.2) is 12.2 Å². The van der Waals surface area contributed by atoms with Gasteiger partial charge in [-0.2, -0.15) is 0 Å². The van der Waals surface area contributed by atoms with E-state index in [9.17, 15) is 9.90 Å². The molecule has 0 amide bonds. The third-order valence-electron chi connectivity index (χ3n) is 4.26. The van der Waals surface area contributed by atoms with Crippen molar-refractivity contribution in [2.24, 2.45) is 5.41 Å². The molecule has 0 heterocycles. The zero-order valence-electron chi connectivity index (χ0n) is 9.92. The second-order valence-electron chi connectivity index (χ2n) is 5.27. The van der Waals surface area contributed by atoms with Gasteiger partial charge in [-0.15, -0.1) is 0 Å². The van der Waals surface area contributed by atoms with E-state index in [0.717, 1.165) is 31.3 Å². The van der Waals surface area contributed by atoms with Crippen molar-refractivity contribution >= 4 is 5.97 Å². The third-order valence-corrected chi connectivity index (χ3v) is 4.26. The highest BCUT2D eigenvalue weighted by Crippen LogP contribution is 2.56. The van der Waals surface area contributed by atoms with Gasteiger partial charge in [0.1, 0.15) is 5.41 Å². The maximum atomic E-state index is 12.1. The summed E-state index contributed by atoms with van der Waals surface area (Å²) in [6.45, 7) is 3.95. The maximum absolute atomic E-state index is 12.1. The highest BCUT2D eigenvalue weighted by Gasteiger charge is 2.60. The van der Waals surface area contributed by atoms with Crippen molar-refractivity contribution < 1.29 is 14.6 Å². The highest BCUT2D eigenvalue weighted by molar-refractivity contribution is 5.80. The van der Waals surface area contributed by atoms with Gasteiger partial charge in [-0.1, -0.05) is 31.4 Å². The van der Waals surface area contributed by atoms with E-state index in [1.807, 2.05) is 0 Å². The van der Waals surface area contributed by atoms with Crippen LogP contribution in [0.25, 0.3) is 0 Å². The molecule has 0 spiro atoms. The fourth-order valence-corrected chi connectivity index (χ4v) is 3.47. The first-order chi connectivity index (χ1) is 7.54. The quantitative estimate of drug-likeness (QED) is 0.548. The van der Waals surface area contributed by atoms with Gasteiger partial charge < -0.3 is 9.84 Å². The van der Waals surface area contributed by atoms with Gasteiger partial charge in [0.05, 0.1) is 12.7 Å². The molecule has 0 aliphatic heterocycles. The molecule has 2 rings (SSSR count). The van der Waals surface area contributed by atoms with Crippen molar-refractivity contribution in [2.45, 2.75) is 50.5 Å². The molecule has 0 radical (unpaired) electrons. The lowest BCUT2D eigenvalue weighted by molar-refractivity contribution is -0.169. The molecular formula is C13H20O3. The number of methoxy groups -OCH3 is 1. The van der Waals surface area contributed by atoms with Crippen LogP contribution in [-0.4, -0.2) is 23.8 Å². The number of fused-ring (bicyclic) bond motifs is 1. The van der Waals surface area contributed by atoms with E-state index in [1.165, 1.54) is 7.11 Å². The molecule has 0 saturated heterocycles. The second kappa shape index (κ2) is 3.88. The summed E-state index contributed by atoms with van der Waals surface area (Å²) in [6, 6.07) is 0. The molecule has 2 atom stereocenters. The first-order valence-electron chi connectivity index (χ1n) is 6.01. The Kier molecular flexibility index (Phi) is 2.82. The van der Waals surface area contributed by atoms with E-state index in [1.54, 1.807) is 0 Å². The van der Waals surface area contributed by atoms with E-state index in [-0.39, 0.29) is 5.97 Å². The van der Waals surface area contributed by atoms with Gasteiger partial charge in [0, 0.05) is 0 Å². The number of carbonyl (C=O) groups excluding carboxylic acids is 1. The standard InChI is InChI=1S/C13H20O3/c1-10-8-12(11(14)16-2)6-4-3-5-7-13(12,15)9-10/h15H,1,3-9H2,2H3/t12-,13-/m0/s1. The molecule has 2 saturated carbocycles. The fourth-order valence-electron chi connectivity index (χ4n) is 3.47. The smallest absolute Gasteiger partial charge is 0.315 e. The fraction of sp³-hybridized carbons (Fsp3) is 0.769. The predicted molar refractivity (Wildman–Crippen MR) is 60.9 cm³/mol. The molecule has 3 heteroatoms. The summed E-state index contributed by atoms with van der Waals surface area (Å²) < 4.78 is 4.92. The third kappa shape index (κ3) is 1.49. The molecule has 2 aliphatic rings. The number of rotatable bonds is 1. The zero-order chi connectivity index (χ0) is 11.8. The largest absolute Gasteiger partial charge is 0.468 e. The van der Waals surface area contributed by atoms with Gasteiger partial charge in [0.2, 0.25) is 0 Å². The van der Waals surface area contributed by atoms with Crippen LogP contribution in [0, 0.1) is 5.41 Å². The number of aliphatic hydroxyl groups is 1. The van der Waals surface area contributed by atoms with Crippen molar-refractivity contribution in [3.8, 4) is 0 Å². The predicted octanol–water partition coefficient (Wildman–Crippen LogP) is 2.19. The van der Waals surface area contributed by atoms with Gasteiger partial charge >= 0.3 is 5.97 Å². The van der Waals surface area contributed by atoms with Crippen LogP contribution in [0.3, 0.4) is 0 Å². The summed E-state index contributed by atoms with van der Waals surface area (Å²) >= 11 is 0. The first kappa shape index (κ1) is 11.6. The molecule has 0 unspecified atom stereocenters. The molecule has 0 aromatic rings. The summed E-state index contributed by atoms with van der Waals surface area (Å²) in [4.78, 5) is 12.1. The van der Waals surface area contributed by atoms with Gasteiger partial charge in [-0.05, 0) is 25.7 Å². The molecule has 2 aliphatic carbocycles. The van der Waals surface area contributed by atoms with Crippen LogP contribution in [0.1, 0.15) is 44.9 Å². The lowest BCUT2D eigenvalue weighted by atomic mass is 9.71. The van der Waals surface area contributed by atoms with Gasteiger partial charge in [-0.25, -0.2) is 0 Å². The Labute approximate surface area is 96.5 Å². The van der Waals surface area contributed by atoms with Crippen LogP contribution in [0.4, 0.5) is 0 Å². The lowest BCUT2D eigenvalue weighted by Crippen LogP contribution is -2.49. The van der Waals surface area contributed by atoms with E-state index in [2.05, 4.69) is 6.58 Å². The SMILES string of the molecule is C=C1C[C@@]2(O)CCCCC[C@@]2(C(=O)OC)C1. The van der Waals surface area contributed by atoms with Crippen LogP contribution in [0.2, 0.25) is 0 Å². The molecule has 3 nitrogen and oxygen atoms in total. The Bertz CT molecular complexity index is 323. The van der Waals surface area contributed by atoms with Crippen molar-refractivity contribution in [3.63, 3.8) is 0 Å². The maximum Gasteiger partial charge on any atom is 0.315 e. The molecule has 0 aromatic carbocycles. The van der Waals surface area contributed by atoms with Crippen molar-refractivity contribution in [3.05, 3.63) is 12.2 Å². The van der Waals surface area contributed by atoms with E-state index < -0.39 is 11.0 Å². The Morgan fingerprint density at radius 3 is 2.69 bits per heavy atom. The summed E-state index contributed by atoms with van der Waals surface area (Å²) in [5.74, 6) is -0.254. The minimum atomic E-state index is -0.909. The summed E-state index contributed by atoms with van der Waals surface area (Å²) in [7, 11) is 1.41. The minimum Gasteiger partial charge on any atom is -0.468 e. The average molecular weight is 224 g/mol. The number of ether oxygens (including phenoxy) is 1. The number of esters is 1. The van der Waals surface area contributed by atoms with Crippen LogP contribution in [0.5, 0.6) is 0 Å². The Hall–Kier alpha value is -0.830. The number of hydrogen-bond acceptors (Lipinski definition) is 3. The molecule has 0 bridgehead atoms. The Morgan fingerprint density at radius 1 is 1.31 bits per heavy atom. The van der Waals surface area contributed by atoms with Gasteiger partial charge in [-0.3, -0.25) is 4.79 Å². The van der Waals surface area contributed by atoms with E-state index in [0.29, 0.717) is 19.3 Å². The van der Waals surface area contributed by atoms with Crippen LogP contribution < -0.4 is 0 Å². The van der Waals surface area contributed by atoms with Crippen LogP contribution >= 0.6 is 0 Å². The lowest BCUT2D eigenvalue weighted by Gasteiger charge is -2.38. The average Bonchev–Trinajstić information content (AvgIpc) is 2.38. The molecule has 0 aromatic heterocycles. The summed E-state index contributed by atoms with van der Waals surface area (Å²) in [5.41, 5.74) is -0.641. The molecular weight excluding hydrogens is 204 g/mol. The first-order valence-corrected chi connectivity index (χ1v) is 6.01. The number of carbonyl (C=O) groups is 1. The zero-order valence-corrected chi connectivity index (χ0v) is 9.92. The monoisotopic (exact) mass is 224 g/mol. The second-order valence-corrected chi connectivity index (χ2v) is 5.27. The Balaban J connectivity index is 2.41. The molecule has 2 fully saturated rings.